The lowest BCUT2D eigenvalue weighted by Crippen LogP contribution is -2.45. The summed E-state index contributed by atoms with van der Waals surface area (Å²) in [4.78, 5) is 0. The molecule has 6 heteroatoms. The topological polar surface area (TPSA) is 75.4 Å². The molecule has 1 fully saturated rings. The molecule has 0 saturated heterocycles. The molecular weight excluding hydrogens is 311 g/mol. The van der Waals surface area contributed by atoms with Gasteiger partial charge >= 0.3 is 0 Å². The van der Waals surface area contributed by atoms with E-state index >= 15 is 0 Å². The molecule has 2 aromatic rings. The van der Waals surface area contributed by atoms with E-state index in [9.17, 15) is 9.67 Å². The third-order valence-corrected chi connectivity index (χ3v) is 7.07. The van der Waals surface area contributed by atoms with Gasteiger partial charge in [-0.3, -0.25) is 0 Å². The first kappa shape index (κ1) is 16.7. The fourth-order valence-corrected chi connectivity index (χ4v) is 5.06. The largest absolute Gasteiger partial charge is 0.389 e. The van der Waals surface area contributed by atoms with Crippen LogP contribution in [0.2, 0.25) is 0 Å². The second-order valence-corrected chi connectivity index (χ2v) is 10.7. The summed E-state index contributed by atoms with van der Waals surface area (Å²) in [5.74, 6) is 0. The van der Waals surface area contributed by atoms with E-state index < -0.39 is 12.7 Å². The number of aliphatic hydroxyl groups is 1. The third-order valence-electron chi connectivity index (χ3n) is 4.87. The van der Waals surface area contributed by atoms with Crippen LogP contribution in [0.4, 0.5) is 0 Å². The normalized spacial score (nSPS) is 25.8. The highest BCUT2D eigenvalue weighted by Gasteiger charge is 2.38. The Morgan fingerprint density at radius 1 is 1.43 bits per heavy atom. The lowest BCUT2D eigenvalue weighted by Gasteiger charge is -2.38. The standard InChI is InChI=1S/C17H25N2O3P/c1-23(2,21)13-6-5-9-17(20,10-13)12-18-11-15-14-7-3-4-8-16(14)22-19-15/h3-4,7-8,13,18,20H,5-6,9-12H2,1-2H3. The van der Waals surface area contributed by atoms with Crippen LogP contribution < -0.4 is 5.32 Å². The minimum atomic E-state index is -2.15. The molecule has 0 bridgehead atoms. The molecule has 0 spiro atoms. The average Bonchev–Trinajstić information content (AvgIpc) is 2.90. The number of para-hydroxylation sites is 1. The Kier molecular flexibility index (Phi) is 4.63. The maximum absolute atomic E-state index is 12.3. The van der Waals surface area contributed by atoms with E-state index in [4.69, 9.17) is 4.52 Å². The Balaban J connectivity index is 1.60. The van der Waals surface area contributed by atoms with E-state index in [1.54, 1.807) is 0 Å². The molecule has 3 rings (SSSR count). The number of aromatic nitrogens is 1. The van der Waals surface area contributed by atoms with Crippen molar-refractivity contribution in [2.75, 3.05) is 19.9 Å². The summed E-state index contributed by atoms with van der Waals surface area (Å²) in [5.41, 5.74) is 0.993. The predicted octanol–water partition coefficient (Wildman–Crippen LogP) is 3.21. The van der Waals surface area contributed by atoms with Gasteiger partial charge in [-0.1, -0.05) is 17.3 Å². The van der Waals surface area contributed by atoms with Gasteiger partial charge in [0.05, 0.1) is 12.7 Å². The highest BCUT2D eigenvalue weighted by Crippen LogP contribution is 2.50. The summed E-state index contributed by atoms with van der Waals surface area (Å²) in [6.45, 7) is 4.71. The van der Waals surface area contributed by atoms with E-state index in [-0.39, 0.29) is 5.66 Å². The fourth-order valence-electron chi connectivity index (χ4n) is 3.48. The van der Waals surface area contributed by atoms with Crippen molar-refractivity contribution in [2.45, 2.75) is 43.5 Å². The van der Waals surface area contributed by atoms with Gasteiger partial charge in [0, 0.05) is 24.1 Å². The third kappa shape index (κ3) is 3.85. The Bertz CT molecular complexity index is 723. The van der Waals surface area contributed by atoms with Crippen molar-refractivity contribution in [3.05, 3.63) is 30.0 Å². The lowest BCUT2D eigenvalue weighted by molar-refractivity contribution is 0.00572. The zero-order valence-electron chi connectivity index (χ0n) is 13.8. The van der Waals surface area contributed by atoms with Gasteiger partial charge in [-0.05, 0) is 51.1 Å². The Morgan fingerprint density at radius 2 is 2.22 bits per heavy atom. The van der Waals surface area contributed by atoms with E-state index in [1.807, 2.05) is 37.6 Å². The van der Waals surface area contributed by atoms with Gasteiger partial charge in [0.25, 0.3) is 0 Å². The van der Waals surface area contributed by atoms with Crippen LogP contribution >= 0.6 is 7.14 Å². The summed E-state index contributed by atoms with van der Waals surface area (Å²) in [6.07, 6.45) is 3.27. The molecule has 1 aromatic heterocycles. The van der Waals surface area contributed by atoms with Crippen molar-refractivity contribution in [1.82, 2.24) is 10.5 Å². The number of benzene rings is 1. The maximum Gasteiger partial charge on any atom is 0.167 e. The Hall–Kier alpha value is -1.16. The number of rotatable bonds is 5. The van der Waals surface area contributed by atoms with Crippen molar-refractivity contribution in [3.63, 3.8) is 0 Å². The molecule has 1 saturated carbocycles. The highest BCUT2D eigenvalue weighted by atomic mass is 31.2. The smallest absolute Gasteiger partial charge is 0.167 e. The molecule has 2 unspecified atom stereocenters. The second-order valence-electron chi connectivity index (χ2n) is 7.14. The molecular formula is C17H25N2O3P. The quantitative estimate of drug-likeness (QED) is 0.820. The Labute approximate surface area is 136 Å². The molecule has 2 N–H and O–H groups in total. The SMILES string of the molecule is CP(C)(=O)C1CCCC(O)(CNCc2noc3ccccc23)C1. The van der Waals surface area contributed by atoms with Crippen LogP contribution in [-0.2, 0) is 11.1 Å². The van der Waals surface area contributed by atoms with Crippen LogP contribution in [-0.4, -0.2) is 41.4 Å². The number of hydrogen-bond acceptors (Lipinski definition) is 5. The molecule has 2 atom stereocenters. The Morgan fingerprint density at radius 3 is 3.00 bits per heavy atom. The summed E-state index contributed by atoms with van der Waals surface area (Å²) in [7, 11) is -2.15. The molecule has 0 radical (unpaired) electrons. The first-order valence-corrected chi connectivity index (χ1v) is 10.9. The van der Waals surface area contributed by atoms with E-state index in [1.165, 1.54) is 0 Å². The first-order chi connectivity index (χ1) is 10.9. The molecule has 1 heterocycles. The van der Waals surface area contributed by atoms with Gasteiger partial charge in [-0.15, -0.1) is 0 Å². The number of nitrogens with one attached hydrogen (secondary N) is 1. The van der Waals surface area contributed by atoms with Crippen molar-refractivity contribution < 1.29 is 14.2 Å². The molecule has 1 aliphatic rings. The van der Waals surface area contributed by atoms with Crippen molar-refractivity contribution in [1.29, 1.82) is 0 Å². The van der Waals surface area contributed by atoms with E-state index in [2.05, 4.69) is 10.5 Å². The molecule has 0 amide bonds. The predicted molar refractivity (Wildman–Crippen MR) is 92.4 cm³/mol. The summed E-state index contributed by atoms with van der Waals surface area (Å²) in [6, 6.07) is 7.76. The van der Waals surface area contributed by atoms with Gasteiger partial charge in [0.2, 0.25) is 0 Å². The lowest BCUT2D eigenvalue weighted by atomic mass is 9.84. The van der Waals surface area contributed by atoms with Crippen LogP contribution in [0.1, 0.15) is 31.4 Å². The van der Waals surface area contributed by atoms with Gasteiger partial charge in [0.1, 0.15) is 5.69 Å². The van der Waals surface area contributed by atoms with Gasteiger partial charge < -0.3 is 19.5 Å². The fraction of sp³-hybridized carbons (Fsp3) is 0.588. The van der Waals surface area contributed by atoms with Crippen LogP contribution in [0.15, 0.2) is 28.8 Å². The van der Waals surface area contributed by atoms with Crippen LogP contribution in [0, 0.1) is 0 Å². The monoisotopic (exact) mass is 336 g/mol. The summed E-state index contributed by atoms with van der Waals surface area (Å²) < 4.78 is 17.6. The van der Waals surface area contributed by atoms with Gasteiger partial charge in [-0.2, -0.15) is 0 Å². The van der Waals surface area contributed by atoms with Crippen LogP contribution in [0.5, 0.6) is 0 Å². The van der Waals surface area contributed by atoms with Crippen molar-refractivity contribution >= 4 is 18.1 Å². The molecule has 126 valence electrons. The van der Waals surface area contributed by atoms with Crippen LogP contribution in [0.25, 0.3) is 11.0 Å². The summed E-state index contributed by atoms with van der Waals surface area (Å²) in [5, 5.41) is 19.2. The van der Waals surface area contributed by atoms with Crippen molar-refractivity contribution in [2.24, 2.45) is 0 Å². The van der Waals surface area contributed by atoms with Crippen LogP contribution in [0.3, 0.4) is 0 Å². The average molecular weight is 336 g/mol. The highest BCUT2D eigenvalue weighted by molar-refractivity contribution is 7.63. The van der Waals surface area contributed by atoms with E-state index in [0.717, 1.165) is 35.9 Å². The molecule has 5 nitrogen and oxygen atoms in total. The van der Waals surface area contributed by atoms with Gasteiger partial charge in [-0.25, -0.2) is 0 Å². The summed E-state index contributed by atoms with van der Waals surface area (Å²) >= 11 is 0. The number of hydrogen-bond donors (Lipinski definition) is 2. The zero-order chi connectivity index (χ0) is 16.5. The zero-order valence-corrected chi connectivity index (χ0v) is 14.7. The molecule has 1 aliphatic carbocycles. The molecule has 1 aromatic carbocycles. The maximum atomic E-state index is 12.3. The minimum Gasteiger partial charge on any atom is -0.389 e. The molecule has 23 heavy (non-hydrogen) atoms. The first-order valence-electron chi connectivity index (χ1n) is 8.18. The van der Waals surface area contributed by atoms with E-state index in [0.29, 0.717) is 19.5 Å². The number of fused-ring (bicyclic) bond motifs is 1. The second kappa shape index (κ2) is 6.39. The molecule has 0 aliphatic heterocycles. The minimum absolute atomic E-state index is 0.135. The number of nitrogens with zero attached hydrogens (tertiary/aromatic N) is 1. The van der Waals surface area contributed by atoms with Crippen molar-refractivity contribution in [3.8, 4) is 0 Å². The van der Waals surface area contributed by atoms with Gasteiger partial charge in [0.15, 0.2) is 5.58 Å².